The van der Waals surface area contributed by atoms with Crippen molar-refractivity contribution in [2.24, 2.45) is 5.41 Å². The Balaban J connectivity index is 2.33. The summed E-state index contributed by atoms with van der Waals surface area (Å²) in [6, 6.07) is 2.45. The van der Waals surface area contributed by atoms with Crippen LogP contribution in [-0.4, -0.2) is 21.0 Å². The van der Waals surface area contributed by atoms with Gasteiger partial charge in [0.05, 0.1) is 16.6 Å². The highest BCUT2D eigenvalue weighted by molar-refractivity contribution is 5.92. The molecule has 2 aromatic rings. The zero-order valence-corrected chi connectivity index (χ0v) is 11.2. The van der Waals surface area contributed by atoms with Gasteiger partial charge in [-0.2, -0.15) is 0 Å². The van der Waals surface area contributed by atoms with Gasteiger partial charge >= 0.3 is 5.97 Å². The van der Waals surface area contributed by atoms with E-state index in [-0.39, 0.29) is 11.0 Å². The zero-order chi connectivity index (χ0) is 14.2. The lowest BCUT2D eigenvalue weighted by molar-refractivity contribution is 0.0692. The largest absolute Gasteiger partial charge is 0.478 e. The van der Waals surface area contributed by atoms with Crippen LogP contribution in [0.3, 0.4) is 0 Å². The Kier molecular flexibility index (Phi) is 3.30. The highest BCUT2D eigenvalue weighted by Crippen LogP contribution is 2.22. The summed E-state index contributed by atoms with van der Waals surface area (Å²) in [6.45, 7) is 6.41. The van der Waals surface area contributed by atoms with Gasteiger partial charge in [0.25, 0.3) is 0 Å². The van der Waals surface area contributed by atoms with E-state index in [9.17, 15) is 9.18 Å². The van der Waals surface area contributed by atoms with E-state index in [1.807, 2.05) is 0 Å². The Hall–Kier alpha value is -1.91. The second-order valence-electron chi connectivity index (χ2n) is 5.90. The van der Waals surface area contributed by atoms with Crippen LogP contribution < -0.4 is 0 Å². The van der Waals surface area contributed by atoms with Gasteiger partial charge < -0.3 is 10.1 Å². The minimum atomic E-state index is -1.28. The number of nitrogens with one attached hydrogen (secondary N) is 1. The van der Waals surface area contributed by atoms with Gasteiger partial charge in [-0.1, -0.05) is 20.8 Å². The Morgan fingerprint density at radius 3 is 2.68 bits per heavy atom. The maximum Gasteiger partial charge on any atom is 0.338 e. The molecule has 1 heterocycles. The number of hydrogen-bond acceptors (Lipinski definition) is 2. The number of aryl methyl sites for hydroxylation is 1. The van der Waals surface area contributed by atoms with Crippen molar-refractivity contribution >= 4 is 17.0 Å². The lowest BCUT2D eigenvalue weighted by atomic mass is 9.90. The molecule has 0 saturated carbocycles. The summed E-state index contributed by atoms with van der Waals surface area (Å²) in [7, 11) is 0. The molecule has 0 bridgehead atoms. The summed E-state index contributed by atoms with van der Waals surface area (Å²) < 4.78 is 13.5. The number of carbonyl (C=O) groups is 1. The molecule has 0 spiro atoms. The van der Waals surface area contributed by atoms with E-state index in [0.717, 1.165) is 18.7 Å². The van der Waals surface area contributed by atoms with E-state index >= 15 is 0 Å². The fourth-order valence-electron chi connectivity index (χ4n) is 1.86. The van der Waals surface area contributed by atoms with E-state index in [2.05, 4.69) is 30.7 Å². The first kappa shape index (κ1) is 13.5. The van der Waals surface area contributed by atoms with Crippen molar-refractivity contribution in [2.75, 3.05) is 0 Å². The highest BCUT2D eigenvalue weighted by atomic mass is 19.1. The molecule has 0 atom stereocenters. The fourth-order valence-corrected chi connectivity index (χ4v) is 1.86. The molecule has 0 aliphatic rings. The van der Waals surface area contributed by atoms with Crippen LogP contribution in [0.25, 0.3) is 11.0 Å². The van der Waals surface area contributed by atoms with Crippen molar-refractivity contribution in [1.82, 2.24) is 9.97 Å². The first-order chi connectivity index (χ1) is 8.76. The third-order valence-electron chi connectivity index (χ3n) is 2.96. The van der Waals surface area contributed by atoms with Crippen LogP contribution >= 0.6 is 0 Å². The van der Waals surface area contributed by atoms with Gasteiger partial charge in [0.15, 0.2) is 0 Å². The predicted octanol–water partition coefficient (Wildman–Crippen LogP) is 3.38. The number of imidazole rings is 1. The molecule has 1 aromatic heterocycles. The van der Waals surface area contributed by atoms with E-state index in [1.54, 1.807) is 0 Å². The molecular weight excluding hydrogens is 247 g/mol. The normalized spacial score (nSPS) is 12.0. The standard InChI is InChI=1S/C14H17FN2O2/c1-14(2,3)5-4-12-16-10-6-8(13(18)19)9(15)7-11(10)17-12/h6-7H,4-5H2,1-3H3,(H,16,17)(H,18,19). The quantitative estimate of drug-likeness (QED) is 0.893. The summed E-state index contributed by atoms with van der Waals surface area (Å²) in [4.78, 5) is 18.2. The molecule has 0 amide bonds. The highest BCUT2D eigenvalue weighted by Gasteiger charge is 2.15. The van der Waals surface area contributed by atoms with Gasteiger partial charge in [0.1, 0.15) is 11.6 Å². The summed E-state index contributed by atoms with van der Waals surface area (Å²) in [6.07, 6.45) is 1.70. The molecule has 2 N–H and O–H groups in total. The second-order valence-corrected chi connectivity index (χ2v) is 5.90. The van der Waals surface area contributed by atoms with E-state index in [0.29, 0.717) is 11.0 Å². The van der Waals surface area contributed by atoms with Crippen molar-refractivity contribution in [3.05, 3.63) is 29.3 Å². The third kappa shape index (κ3) is 3.10. The van der Waals surface area contributed by atoms with E-state index in [1.165, 1.54) is 12.1 Å². The van der Waals surface area contributed by atoms with Gasteiger partial charge in [-0.15, -0.1) is 0 Å². The van der Waals surface area contributed by atoms with Crippen molar-refractivity contribution < 1.29 is 14.3 Å². The summed E-state index contributed by atoms with van der Waals surface area (Å²) in [5.74, 6) is -1.27. The average Bonchev–Trinajstić information content (AvgIpc) is 2.65. The smallest absolute Gasteiger partial charge is 0.338 e. The molecule has 0 fully saturated rings. The number of hydrogen-bond donors (Lipinski definition) is 2. The Bertz CT molecular complexity index is 626. The van der Waals surface area contributed by atoms with Gasteiger partial charge in [0.2, 0.25) is 0 Å². The van der Waals surface area contributed by atoms with Crippen molar-refractivity contribution in [3.8, 4) is 0 Å². The van der Waals surface area contributed by atoms with Gasteiger partial charge in [-0.25, -0.2) is 14.2 Å². The summed E-state index contributed by atoms with van der Waals surface area (Å²) in [5, 5.41) is 8.86. The number of H-pyrrole nitrogens is 1. The lowest BCUT2D eigenvalue weighted by Crippen LogP contribution is -2.06. The molecule has 102 valence electrons. The van der Waals surface area contributed by atoms with Crippen molar-refractivity contribution in [2.45, 2.75) is 33.6 Å². The Morgan fingerprint density at radius 2 is 2.11 bits per heavy atom. The van der Waals surface area contributed by atoms with E-state index < -0.39 is 11.8 Å². The number of benzene rings is 1. The number of aromatic amines is 1. The van der Waals surface area contributed by atoms with Crippen molar-refractivity contribution in [1.29, 1.82) is 0 Å². The molecule has 4 nitrogen and oxygen atoms in total. The van der Waals surface area contributed by atoms with Crippen LogP contribution in [0.15, 0.2) is 12.1 Å². The van der Waals surface area contributed by atoms with Gasteiger partial charge in [-0.3, -0.25) is 0 Å². The molecule has 0 radical (unpaired) electrons. The topological polar surface area (TPSA) is 66.0 Å². The molecule has 2 rings (SSSR count). The molecule has 0 unspecified atom stereocenters. The summed E-state index contributed by atoms with van der Waals surface area (Å²) >= 11 is 0. The molecule has 0 aliphatic heterocycles. The number of aromatic nitrogens is 2. The SMILES string of the molecule is CC(C)(C)CCc1nc2cc(C(=O)O)c(F)cc2[nH]1. The Morgan fingerprint density at radius 1 is 1.42 bits per heavy atom. The Labute approximate surface area is 110 Å². The fraction of sp³-hybridized carbons (Fsp3) is 0.429. The number of nitrogens with zero attached hydrogens (tertiary/aromatic N) is 1. The number of carboxylic acids is 1. The van der Waals surface area contributed by atoms with Crippen LogP contribution in [0, 0.1) is 11.2 Å². The molecule has 5 heteroatoms. The number of aromatic carboxylic acids is 1. The van der Waals surface area contributed by atoms with Crippen LogP contribution in [0.4, 0.5) is 4.39 Å². The van der Waals surface area contributed by atoms with Crippen LogP contribution in [0.1, 0.15) is 43.4 Å². The third-order valence-corrected chi connectivity index (χ3v) is 2.96. The monoisotopic (exact) mass is 264 g/mol. The number of halogens is 1. The van der Waals surface area contributed by atoms with Crippen LogP contribution in [-0.2, 0) is 6.42 Å². The minimum Gasteiger partial charge on any atom is -0.478 e. The first-order valence-electron chi connectivity index (χ1n) is 6.18. The predicted molar refractivity (Wildman–Crippen MR) is 70.8 cm³/mol. The van der Waals surface area contributed by atoms with E-state index in [4.69, 9.17) is 5.11 Å². The zero-order valence-electron chi connectivity index (χ0n) is 11.2. The van der Waals surface area contributed by atoms with Crippen molar-refractivity contribution in [3.63, 3.8) is 0 Å². The molecule has 19 heavy (non-hydrogen) atoms. The maximum absolute atomic E-state index is 13.5. The van der Waals surface area contributed by atoms with Gasteiger partial charge in [-0.05, 0) is 17.9 Å². The number of rotatable bonds is 3. The van der Waals surface area contributed by atoms with Crippen LogP contribution in [0.5, 0.6) is 0 Å². The maximum atomic E-state index is 13.5. The number of carboxylic acid groups (broad SMARTS) is 1. The molecule has 0 saturated heterocycles. The summed E-state index contributed by atoms with van der Waals surface area (Å²) in [5.41, 5.74) is 0.867. The molecular formula is C14H17FN2O2. The molecule has 0 aliphatic carbocycles. The average molecular weight is 264 g/mol. The second kappa shape index (κ2) is 4.64. The first-order valence-corrected chi connectivity index (χ1v) is 6.18. The lowest BCUT2D eigenvalue weighted by Gasteiger charge is -2.16. The number of fused-ring (bicyclic) bond motifs is 1. The van der Waals surface area contributed by atoms with Crippen LogP contribution in [0.2, 0.25) is 0 Å². The van der Waals surface area contributed by atoms with Gasteiger partial charge in [0, 0.05) is 12.5 Å². The molecule has 1 aromatic carbocycles. The minimum absolute atomic E-state index is 0.191.